The largest absolute Gasteiger partial charge is 0.409 e. The average Bonchev–Trinajstić information content (AvgIpc) is 2.59. The van der Waals surface area contributed by atoms with E-state index in [2.05, 4.69) is 10.3 Å². The minimum atomic E-state index is -3.05. The molecule has 0 bridgehead atoms. The number of oxime groups is 1. The molecule has 0 atom stereocenters. The molecule has 1 aromatic heterocycles. The van der Waals surface area contributed by atoms with Crippen LogP contribution in [0, 0.1) is 6.92 Å². The number of rotatable bonds is 5. The first-order valence-corrected chi connectivity index (χ1v) is 7.63. The lowest BCUT2D eigenvalue weighted by Gasteiger charge is -2.20. The minimum Gasteiger partial charge on any atom is -0.409 e. The number of aromatic nitrogens is 2. The lowest BCUT2D eigenvalue weighted by atomic mass is 10.2. The van der Waals surface area contributed by atoms with Crippen LogP contribution in [0.5, 0.6) is 0 Å². The van der Waals surface area contributed by atoms with E-state index in [4.69, 9.17) is 10.9 Å². The summed E-state index contributed by atoms with van der Waals surface area (Å²) in [6.45, 7) is 2.03. The summed E-state index contributed by atoms with van der Waals surface area (Å²) in [5.74, 6) is 0.576. The van der Waals surface area contributed by atoms with E-state index < -0.39 is 9.84 Å². The van der Waals surface area contributed by atoms with Crippen molar-refractivity contribution < 1.29 is 13.6 Å². The molecule has 3 N–H and O–H groups in total. The van der Waals surface area contributed by atoms with Gasteiger partial charge >= 0.3 is 0 Å². The van der Waals surface area contributed by atoms with Gasteiger partial charge in [0.1, 0.15) is 15.7 Å². The Hall–Kier alpha value is -1.77. The van der Waals surface area contributed by atoms with Crippen LogP contribution in [-0.4, -0.2) is 54.8 Å². The van der Waals surface area contributed by atoms with Gasteiger partial charge in [0, 0.05) is 26.9 Å². The van der Waals surface area contributed by atoms with Crippen LogP contribution in [0.15, 0.2) is 5.16 Å². The third kappa shape index (κ3) is 3.60. The van der Waals surface area contributed by atoms with Crippen molar-refractivity contribution in [2.75, 3.05) is 30.5 Å². The normalized spacial score (nSPS) is 12.7. The highest BCUT2D eigenvalue weighted by atomic mass is 32.2. The number of aryl methyl sites for hydroxylation is 2. The number of anilines is 1. The van der Waals surface area contributed by atoms with Gasteiger partial charge in [-0.1, -0.05) is 5.16 Å². The van der Waals surface area contributed by atoms with Crippen molar-refractivity contribution in [3.05, 3.63) is 11.3 Å². The highest BCUT2D eigenvalue weighted by Gasteiger charge is 2.20. The number of nitrogens with two attached hydrogens (primary N) is 1. The number of hydrogen-bond donors (Lipinski definition) is 2. The maximum absolute atomic E-state index is 11.2. The lowest BCUT2D eigenvalue weighted by Crippen LogP contribution is -2.29. The first-order valence-electron chi connectivity index (χ1n) is 5.57. The van der Waals surface area contributed by atoms with Crippen LogP contribution in [0.25, 0.3) is 0 Å². The first kappa shape index (κ1) is 15.3. The molecule has 0 aliphatic heterocycles. The van der Waals surface area contributed by atoms with Gasteiger partial charge in [-0.3, -0.25) is 4.68 Å². The zero-order valence-corrected chi connectivity index (χ0v) is 12.3. The molecule has 0 saturated carbocycles. The summed E-state index contributed by atoms with van der Waals surface area (Å²) in [4.78, 5) is 1.72. The Morgan fingerprint density at radius 1 is 1.58 bits per heavy atom. The lowest BCUT2D eigenvalue weighted by molar-refractivity contribution is 0.318. The molecule has 0 aromatic carbocycles. The highest BCUT2D eigenvalue weighted by molar-refractivity contribution is 7.90. The van der Waals surface area contributed by atoms with Gasteiger partial charge in [-0.05, 0) is 6.92 Å². The van der Waals surface area contributed by atoms with Gasteiger partial charge in [-0.25, -0.2) is 8.42 Å². The fraction of sp³-hybridized carbons (Fsp3) is 0.600. The Morgan fingerprint density at radius 2 is 2.16 bits per heavy atom. The molecule has 0 spiro atoms. The molecule has 1 aromatic rings. The Balaban J connectivity index is 3.12. The molecule has 0 radical (unpaired) electrons. The minimum absolute atomic E-state index is 0.0172. The summed E-state index contributed by atoms with van der Waals surface area (Å²) in [5.41, 5.74) is 6.74. The predicted molar refractivity (Wildman–Crippen MR) is 73.4 cm³/mol. The van der Waals surface area contributed by atoms with Crippen LogP contribution in [-0.2, 0) is 16.9 Å². The number of amidine groups is 1. The van der Waals surface area contributed by atoms with E-state index in [1.165, 1.54) is 6.26 Å². The number of hydrogen-bond acceptors (Lipinski definition) is 6. The molecule has 8 nitrogen and oxygen atoms in total. The molecule has 9 heteroatoms. The van der Waals surface area contributed by atoms with E-state index in [0.29, 0.717) is 23.6 Å². The Labute approximate surface area is 112 Å². The molecule has 0 fully saturated rings. The summed E-state index contributed by atoms with van der Waals surface area (Å²) in [6.07, 6.45) is 1.18. The van der Waals surface area contributed by atoms with Crippen molar-refractivity contribution in [1.82, 2.24) is 9.78 Å². The molecule has 19 heavy (non-hydrogen) atoms. The van der Waals surface area contributed by atoms with E-state index in [9.17, 15) is 8.42 Å². The van der Waals surface area contributed by atoms with Crippen molar-refractivity contribution in [2.45, 2.75) is 6.92 Å². The SMILES string of the molecule is Cc1nn(C)c(N(C)CCS(C)(=O)=O)c1C(N)=NO. The molecular formula is C10H19N5O3S. The van der Waals surface area contributed by atoms with Crippen molar-refractivity contribution >= 4 is 21.5 Å². The molecule has 0 saturated heterocycles. The van der Waals surface area contributed by atoms with Crippen LogP contribution in [0.1, 0.15) is 11.3 Å². The van der Waals surface area contributed by atoms with Crippen LogP contribution in [0.4, 0.5) is 5.82 Å². The van der Waals surface area contributed by atoms with Crippen molar-refractivity contribution in [3.63, 3.8) is 0 Å². The molecule has 1 rings (SSSR count). The summed E-state index contributed by atoms with van der Waals surface area (Å²) in [5, 5.41) is 16.0. The summed E-state index contributed by atoms with van der Waals surface area (Å²) >= 11 is 0. The van der Waals surface area contributed by atoms with Crippen LogP contribution >= 0.6 is 0 Å². The van der Waals surface area contributed by atoms with Crippen molar-refractivity contribution in [2.24, 2.45) is 17.9 Å². The molecule has 1 heterocycles. The predicted octanol–water partition coefficient (Wildman–Crippen LogP) is -0.696. The molecule has 0 amide bonds. The van der Waals surface area contributed by atoms with E-state index in [1.54, 1.807) is 30.6 Å². The Bertz CT molecular complexity index is 591. The second-order valence-electron chi connectivity index (χ2n) is 4.44. The molecule has 0 aliphatic carbocycles. The van der Waals surface area contributed by atoms with Gasteiger partial charge in [-0.15, -0.1) is 0 Å². The van der Waals surface area contributed by atoms with Crippen LogP contribution < -0.4 is 10.6 Å². The van der Waals surface area contributed by atoms with E-state index in [1.807, 2.05) is 0 Å². The van der Waals surface area contributed by atoms with Crippen LogP contribution in [0.3, 0.4) is 0 Å². The van der Waals surface area contributed by atoms with Gasteiger partial charge in [-0.2, -0.15) is 5.10 Å². The van der Waals surface area contributed by atoms with Gasteiger partial charge in [0.15, 0.2) is 5.84 Å². The third-order valence-corrected chi connectivity index (χ3v) is 3.64. The summed E-state index contributed by atoms with van der Waals surface area (Å²) in [6, 6.07) is 0. The monoisotopic (exact) mass is 289 g/mol. The quantitative estimate of drug-likeness (QED) is 0.321. The number of nitrogens with zero attached hydrogens (tertiary/aromatic N) is 4. The van der Waals surface area contributed by atoms with Crippen LogP contribution in [0.2, 0.25) is 0 Å². The van der Waals surface area contributed by atoms with Gasteiger partial charge in [0.25, 0.3) is 0 Å². The topological polar surface area (TPSA) is 114 Å². The first-order chi connectivity index (χ1) is 8.67. The van der Waals surface area contributed by atoms with Gasteiger partial charge in [0.05, 0.1) is 17.0 Å². The fourth-order valence-electron chi connectivity index (χ4n) is 1.84. The van der Waals surface area contributed by atoms with E-state index >= 15 is 0 Å². The second kappa shape index (κ2) is 5.47. The zero-order chi connectivity index (χ0) is 14.8. The molecule has 108 valence electrons. The number of sulfone groups is 1. The Kier molecular flexibility index (Phi) is 4.40. The zero-order valence-electron chi connectivity index (χ0n) is 11.5. The molecular weight excluding hydrogens is 270 g/mol. The maximum atomic E-state index is 11.2. The standard InChI is InChI=1S/C10H19N5O3S/c1-7-8(9(11)13-16)10(15(3)12-7)14(2)5-6-19(4,17)18/h16H,5-6H2,1-4H3,(H2,11,13). The van der Waals surface area contributed by atoms with Crippen molar-refractivity contribution in [3.8, 4) is 0 Å². The highest BCUT2D eigenvalue weighted by Crippen LogP contribution is 2.21. The smallest absolute Gasteiger partial charge is 0.175 e. The molecule has 0 unspecified atom stereocenters. The average molecular weight is 289 g/mol. The Morgan fingerprint density at radius 3 is 2.63 bits per heavy atom. The van der Waals surface area contributed by atoms with Gasteiger partial charge < -0.3 is 15.8 Å². The summed E-state index contributed by atoms with van der Waals surface area (Å²) < 4.78 is 24.0. The van der Waals surface area contributed by atoms with Gasteiger partial charge in [0.2, 0.25) is 0 Å². The second-order valence-corrected chi connectivity index (χ2v) is 6.70. The van der Waals surface area contributed by atoms with E-state index in [-0.39, 0.29) is 11.6 Å². The fourth-order valence-corrected chi connectivity index (χ4v) is 2.45. The summed E-state index contributed by atoms with van der Waals surface area (Å²) in [7, 11) is 0.394. The van der Waals surface area contributed by atoms with Crippen molar-refractivity contribution in [1.29, 1.82) is 0 Å². The maximum Gasteiger partial charge on any atom is 0.175 e. The molecule has 0 aliphatic rings. The third-order valence-electron chi connectivity index (χ3n) is 2.71. The van der Waals surface area contributed by atoms with E-state index in [0.717, 1.165) is 0 Å².